The maximum atomic E-state index is 9.46. The molecule has 0 saturated heterocycles. The average molecular weight is 356 g/mol. The Bertz CT molecular complexity index is 224. The molecule has 0 aromatic rings. The van der Waals surface area contributed by atoms with Crippen LogP contribution in [0.15, 0.2) is 0 Å². The third-order valence-corrected chi connectivity index (χ3v) is 18.3. The van der Waals surface area contributed by atoms with Crippen molar-refractivity contribution in [3.05, 3.63) is 0 Å². The second-order valence-corrected chi connectivity index (χ2v) is 17.0. The van der Waals surface area contributed by atoms with E-state index < -0.39 is 31.1 Å². The van der Waals surface area contributed by atoms with E-state index in [-0.39, 0.29) is 0 Å². The Morgan fingerprint density at radius 2 is 2.00 bits per heavy atom. The van der Waals surface area contributed by atoms with Crippen LogP contribution in [0.25, 0.3) is 0 Å². The van der Waals surface area contributed by atoms with Crippen LogP contribution < -0.4 is 0 Å². The van der Waals surface area contributed by atoms with Gasteiger partial charge in [-0.3, -0.25) is 0 Å². The second kappa shape index (κ2) is 8.74. The summed E-state index contributed by atoms with van der Waals surface area (Å²) < 4.78 is 9.23. The van der Waals surface area contributed by atoms with Gasteiger partial charge < -0.3 is 0 Å². The predicted octanol–water partition coefficient (Wildman–Crippen LogP) is 2.32. The van der Waals surface area contributed by atoms with E-state index in [1.807, 2.05) is 0 Å². The summed E-state index contributed by atoms with van der Waals surface area (Å²) in [5, 5.41) is 0. The number of rotatable bonds is 7. The Hall–Kier alpha value is 1.70. The molecule has 0 aromatic heterocycles. The molecule has 0 aliphatic heterocycles. The second-order valence-electron chi connectivity index (χ2n) is 3.49. The molecule has 0 radical (unpaired) electrons. The molecule has 0 aromatic carbocycles. The first-order valence-corrected chi connectivity index (χ1v) is 13.2. The topological polar surface area (TPSA) is 60.7 Å². The average Bonchev–Trinajstić information content (AvgIpc) is 2.16. The van der Waals surface area contributed by atoms with E-state index in [1.54, 1.807) is 0 Å². The number of hydrogen-bond donors (Lipinski definition) is 4. The van der Waals surface area contributed by atoms with Gasteiger partial charge in [-0.25, -0.2) is 0 Å². The van der Waals surface area contributed by atoms with Gasteiger partial charge in [-0.1, -0.05) is 0 Å². The van der Waals surface area contributed by atoms with Gasteiger partial charge in [0.2, 0.25) is 0 Å². The summed E-state index contributed by atoms with van der Waals surface area (Å²) in [4.78, 5) is 18.9. The minimum absolute atomic E-state index is 0.511. The van der Waals surface area contributed by atoms with Gasteiger partial charge >= 0.3 is 108 Å². The quantitative estimate of drug-likeness (QED) is 0.322. The summed E-state index contributed by atoms with van der Waals surface area (Å²) >= 11 is 2.57. The Morgan fingerprint density at radius 3 is 2.33 bits per heavy atom. The first-order valence-electron chi connectivity index (χ1n) is 5.06. The molecule has 2 unspecified atom stereocenters. The zero-order valence-electron chi connectivity index (χ0n) is 9.17. The van der Waals surface area contributed by atoms with Crippen LogP contribution in [0.1, 0.15) is 39.5 Å². The zero-order chi connectivity index (χ0) is 11.9. The number of thiol groups is 1. The van der Waals surface area contributed by atoms with Crippen molar-refractivity contribution in [2.24, 2.45) is 5.92 Å². The van der Waals surface area contributed by atoms with Crippen LogP contribution in [0.4, 0.5) is 0 Å². The third-order valence-electron chi connectivity index (χ3n) is 2.28. The molecule has 3 nitrogen and oxygen atoms in total. The van der Waals surface area contributed by atoms with E-state index >= 15 is 0 Å². The molecule has 2 atom stereocenters. The fourth-order valence-corrected chi connectivity index (χ4v) is 9.97. The maximum absolute atomic E-state index is 9.46. The third kappa shape index (κ3) is 7.59. The van der Waals surface area contributed by atoms with Gasteiger partial charge in [0.1, 0.15) is 0 Å². The molecule has 94 valence electrons. The van der Waals surface area contributed by atoms with E-state index in [2.05, 4.69) is 26.1 Å². The fourth-order valence-electron chi connectivity index (χ4n) is 1.27. The van der Waals surface area contributed by atoms with Crippen LogP contribution >= 0.6 is 17.9 Å². The summed E-state index contributed by atoms with van der Waals surface area (Å²) in [6.07, 6.45) is 4.51. The Kier molecular flexibility index (Phi) is 9.73. The van der Waals surface area contributed by atoms with Crippen LogP contribution in [0.3, 0.4) is 0 Å². The standard InChI is InChI=1S/C8H20O2PS2.Mo.H2O/c1-3-5-6-8(4-2)7-13-11(9,10)12;;/h8-10,12H,3-7H2,1-2H3;;1H2/q+1;;/p-1. The number of hydrogen-bond acceptors (Lipinski definition) is 1. The van der Waals surface area contributed by atoms with Crippen LogP contribution in [-0.2, 0) is 25.4 Å². The van der Waals surface area contributed by atoms with E-state index in [0.29, 0.717) is 5.92 Å². The minimum atomic E-state index is -3.10. The Labute approximate surface area is 108 Å². The van der Waals surface area contributed by atoms with Gasteiger partial charge in [-0.05, 0) is 0 Å². The van der Waals surface area contributed by atoms with Crippen LogP contribution in [0.5, 0.6) is 0 Å². The van der Waals surface area contributed by atoms with Gasteiger partial charge in [0.05, 0.1) is 0 Å². The van der Waals surface area contributed by atoms with E-state index in [9.17, 15) is 13.5 Å². The van der Waals surface area contributed by atoms with Crippen LogP contribution in [0.2, 0.25) is 0 Å². The molecule has 0 amide bonds. The molecule has 0 aliphatic rings. The summed E-state index contributed by atoms with van der Waals surface area (Å²) in [5.41, 5.74) is -3.10. The van der Waals surface area contributed by atoms with Gasteiger partial charge in [-0.15, -0.1) is 0 Å². The van der Waals surface area contributed by atoms with Gasteiger partial charge in [-0.2, -0.15) is 0 Å². The van der Waals surface area contributed by atoms with Gasteiger partial charge in [0.25, 0.3) is 0 Å². The first-order chi connectivity index (χ1) is 6.95. The summed E-state index contributed by atoms with van der Waals surface area (Å²) in [6.45, 7) is 4.27. The van der Waals surface area contributed by atoms with Crippen LogP contribution in [0, 0.1) is 5.92 Å². The molecule has 3 N–H and O–H groups in total. The van der Waals surface area contributed by atoms with Crippen molar-refractivity contribution in [3.8, 4) is 0 Å². The van der Waals surface area contributed by atoms with Crippen LogP contribution in [-0.4, -0.2) is 19.3 Å². The zero-order valence-corrected chi connectivity index (χ0v) is 13.8. The molecule has 15 heavy (non-hydrogen) atoms. The van der Waals surface area contributed by atoms with Crippen molar-refractivity contribution in [1.82, 2.24) is 0 Å². The predicted molar refractivity (Wildman–Crippen MR) is 68.1 cm³/mol. The van der Waals surface area contributed by atoms with Crippen molar-refractivity contribution in [2.75, 3.05) is 5.75 Å². The summed E-state index contributed by atoms with van der Waals surface area (Å²) in [6, 6.07) is 0. The molecule has 0 rings (SSSR count). The van der Waals surface area contributed by atoms with E-state index in [4.69, 9.17) is 0 Å². The Balaban J connectivity index is 4.39. The molecular formula is C8H21MoO3PS2. The van der Waals surface area contributed by atoms with Crippen molar-refractivity contribution in [1.29, 1.82) is 0 Å². The molecular weight excluding hydrogens is 335 g/mol. The van der Waals surface area contributed by atoms with Gasteiger partial charge in [0, 0.05) is 0 Å². The van der Waals surface area contributed by atoms with Crippen molar-refractivity contribution in [3.63, 3.8) is 0 Å². The van der Waals surface area contributed by atoms with E-state index in [1.165, 1.54) is 12.8 Å². The van der Waals surface area contributed by atoms with Gasteiger partial charge in [0.15, 0.2) is 0 Å². The monoisotopic (exact) mass is 358 g/mol. The molecule has 0 bridgehead atoms. The normalized spacial score (nSPS) is 16.4. The summed E-state index contributed by atoms with van der Waals surface area (Å²) in [7, 11) is -0.610. The Morgan fingerprint density at radius 1 is 1.40 bits per heavy atom. The molecule has 7 heteroatoms. The molecule has 0 spiro atoms. The molecule has 0 fully saturated rings. The summed E-state index contributed by atoms with van der Waals surface area (Å²) in [5.74, 6) is 1.26. The van der Waals surface area contributed by atoms with Crippen molar-refractivity contribution in [2.45, 2.75) is 39.5 Å². The van der Waals surface area contributed by atoms with Crippen molar-refractivity contribution < 1.29 is 31.2 Å². The SMILES string of the molecule is CCCCC(CC)C[S]([Mo][OH])=P(O)(O)S. The fraction of sp³-hybridized carbons (Fsp3) is 1.00. The van der Waals surface area contributed by atoms with E-state index in [0.717, 1.165) is 18.6 Å². The van der Waals surface area contributed by atoms with Crippen molar-refractivity contribution >= 4 is 25.7 Å². The number of unbranched alkanes of at least 4 members (excludes halogenated alkanes) is 1. The molecule has 0 saturated carbocycles. The first kappa shape index (κ1) is 16.7. The molecule has 0 aliphatic carbocycles. The molecule has 0 heterocycles.